The molecule has 162 valence electrons. The highest BCUT2D eigenvalue weighted by Gasteiger charge is 2.23. The molecular weight excluding hydrogens is 406 g/mol. The number of H-pyrrole nitrogens is 1. The third kappa shape index (κ3) is 5.32. The zero-order valence-corrected chi connectivity index (χ0v) is 18.9. The number of hydrogen-bond donors (Lipinski definition) is 2. The molecule has 1 aromatic heterocycles. The molecule has 1 saturated heterocycles. The van der Waals surface area contributed by atoms with Crippen molar-refractivity contribution in [2.45, 2.75) is 45.4 Å². The van der Waals surface area contributed by atoms with Crippen LogP contribution >= 0.6 is 12.2 Å². The monoisotopic (exact) mass is 435 g/mol. The smallest absolute Gasteiger partial charge is 0.253 e. The number of benzene rings is 2. The maximum atomic E-state index is 12.8. The molecule has 0 spiro atoms. The molecule has 31 heavy (non-hydrogen) atoms. The molecule has 0 amide bonds. The first-order valence-corrected chi connectivity index (χ1v) is 11.2. The summed E-state index contributed by atoms with van der Waals surface area (Å²) in [5.74, 6) is 0. The van der Waals surface area contributed by atoms with Crippen LogP contribution in [0.25, 0.3) is 10.9 Å². The van der Waals surface area contributed by atoms with E-state index in [2.05, 4.69) is 40.3 Å². The molecule has 0 unspecified atom stereocenters. The summed E-state index contributed by atoms with van der Waals surface area (Å²) in [6.45, 7) is 6.00. The van der Waals surface area contributed by atoms with E-state index in [1.807, 2.05) is 43.3 Å². The molecular formula is C25H29N3O2S. The fraction of sp³-hybridized carbons (Fsp3) is 0.360. The van der Waals surface area contributed by atoms with Crippen molar-refractivity contribution < 1.29 is 4.74 Å². The quantitative estimate of drug-likeness (QED) is 0.560. The highest BCUT2D eigenvalue weighted by Crippen LogP contribution is 2.18. The maximum absolute atomic E-state index is 12.8. The van der Waals surface area contributed by atoms with Crippen molar-refractivity contribution in [1.29, 1.82) is 0 Å². The number of aryl methyl sites for hydroxylation is 1. The Bertz CT molecular complexity index is 1110. The molecule has 4 rings (SSSR count). The first-order valence-electron chi connectivity index (χ1n) is 10.8. The first kappa shape index (κ1) is 21.5. The van der Waals surface area contributed by atoms with Crippen molar-refractivity contribution in [3.8, 4) is 0 Å². The van der Waals surface area contributed by atoms with Crippen molar-refractivity contribution in [1.82, 2.24) is 15.2 Å². The minimum Gasteiger partial charge on any atom is -0.376 e. The van der Waals surface area contributed by atoms with E-state index in [1.54, 1.807) is 0 Å². The van der Waals surface area contributed by atoms with Crippen molar-refractivity contribution in [2.24, 2.45) is 0 Å². The van der Waals surface area contributed by atoms with Crippen LogP contribution in [0.1, 0.15) is 42.5 Å². The molecule has 1 aliphatic heterocycles. The van der Waals surface area contributed by atoms with Crippen LogP contribution in [-0.4, -0.2) is 34.3 Å². The van der Waals surface area contributed by atoms with Gasteiger partial charge in [0.15, 0.2) is 5.11 Å². The summed E-state index contributed by atoms with van der Waals surface area (Å²) in [6, 6.07) is 18.4. The van der Waals surface area contributed by atoms with E-state index in [1.165, 1.54) is 5.56 Å². The van der Waals surface area contributed by atoms with E-state index in [4.69, 9.17) is 17.0 Å². The highest BCUT2D eigenvalue weighted by atomic mass is 32.1. The van der Waals surface area contributed by atoms with Gasteiger partial charge in [0.1, 0.15) is 0 Å². The van der Waals surface area contributed by atoms with Gasteiger partial charge in [-0.3, -0.25) is 4.79 Å². The van der Waals surface area contributed by atoms with Crippen LogP contribution in [-0.2, 0) is 11.3 Å². The van der Waals surface area contributed by atoms with E-state index in [0.29, 0.717) is 23.8 Å². The average molecular weight is 436 g/mol. The van der Waals surface area contributed by atoms with E-state index in [0.717, 1.165) is 35.9 Å². The van der Waals surface area contributed by atoms with Gasteiger partial charge in [-0.15, -0.1) is 0 Å². The second-order valence-electron chi connectivity index (χ2n) is 8.31. The van der Waals surface area contributed by atoms with Crippen LogP contribution in [0.4, 0.5) is 0 Å². The molecule has 0 radical (unpaired) electrons. The number of nitrogens with zero attached hydrogens (tertiary/aromatic N) is 1. The Kier molecular flexibility index (Phi) is 6.68. The normalized spacial score (nSPS) is 16.9. The van der Waals surface area contributed by atoms with Crippen LogP contribution in [0.2, 0.25) is 0 Å². The zero-order chi connectivity index (χ0) is 21.8. The number of hydrogen-bond acceptors (Lipinski definition) is 3. The number of pyridine rings is 1. The molecule has 1 aliphatic rings. The molecule has 5 nitrogen and oxygen atoms in total. The minimum absolute atomic E-state index is 0.0681. The summed E-state index contributed by atoms with van der Waals surface area (Å²) >= 11 is 5.79. The van der Waals surface area contributed by atoms with Crippen molar-refractivity contribution >= 4 is 28.2 Å². The van der Waals surface area contributed by atoms with Crippen LogP contribution in [0, 0.1) is 6.92 Å². The van der Waals surface area contributed by atoms with Gasteiger partial charge in [0.25, 0.3) is 5.56 Å². The van der Waals surface area contributed by atoms with Crippen molar-refractivity contribution in [3.63, 3.8) is 0 Å². The molecule has 1 fully saturated rings. The predicted octanol–water partition coefficient (Wildman–Crippen LogP) is 4.45. The molecule has 0 aliphatic carbocycles. The first-order chi connectivity index (χ1) is 15.0. The predicted molar refractivity (Wildman–Crippen MR) is 129 cm³/mol. The number of aromatic nitrogens is 1. The number of fused-ring (bicyclic) bond motifs is 1. The second kappa shape index (κ2) is 9.62. The van der Waals surface area contributed by atoms with Gasteiger partial charge < -0.3 is 19.9 Å². The Balaban J connectivity index is 1.56. The molecule has 6 heteroatoms. The van der Waals surface area contributed by atoms with Gasteiger partial charge in [-0.05, 0) is 67.6 Å². The fourth-order valence-corrected chi connectivity index (χ4v) is 4.35. The van der Waals surface area contributed by atoms with E-state index in [-0.39, 0.29) is 17.7 Å². The zero-order valence-electron chi connectivity index (χ0n) is 18.1. The average Bonchev–Trinajstić information content (AvgIpc) is 3.27. The molecule has 0 bridgehead atoms. The molecule has 2 aromatic carbocycles. The lowest BCUT2D eigenvalue weighted by Crippen LogP contribution is -2.44. The molecule has 0 saturated carbocycles. The van der Waals surface area contributed by atoms with Gasteiger partial charge in [0.05, 0.1) is 18.7 Å². The van der Waals surface area contributed by atoms with Gasteiger partial charge >= 0.3 is 0 Å². The fourth-order valence-electron chi connectivity index (χ4n) is 4.04. The van der Waals surface area contributed by atoms with Gasteiger partial charge in [-0.2, -0.15) is 0 Å². The van der Waals surface area contributed by atoms with E-state index < -0.39 is 0 Å². The van der Waals surface area contributed by atoms with Crippen LogP contribution in [0.5, 0.6) is 0 Å². The topological polar surface area (TPSA) is 57.4 Å². The van der Waals surface area contributed by atoms with Crippen LogP contribution in [0.15, 0.2) is 59.4 Å². The summed E-state index contributed by atoms with van der Waals surface area (Å²) in [6.07, 6.45) is 2.21. The lowest BCUT2D eigenvalue weighted by Gasteiger charge is -2.30. The SMILES string of the molecule is Cc1ccc2cc(CN(C[C@@H]3CCCO3)C(=S)N[C@@H](C)c3ccccc3)c(=O)[nH]c2c1. The largest absolute Gasteiger partial charge is 0.376 e. The lowest BCUT2D eigenvalue weighted by molar-refractivity contribution is 0.0895. The lowest BCUT2D eigenvalue weighted by atomic mass is 10.1. The van der Waals surface area contributed by atoms with E-state index in [9.17, 15) is 4.79 Å². The van der Waals surface area contributed by atoms with Gasteiger partial charge in [0, 0.05) is 24.2 Å². The van der Waals surface area contributed by atoms with Crippen molar-refractivity contribution in [2.75, 3.05) is 13.2 Å². The van der Waals surface area contributed by atoms with E-state index >= 15 is 0 Å². The Hall–Kier alpha value is -2.70. The Morgan fingerprint density at radius 3 is 2.81 bits per heavy atom. The number of nitrogens with one attached hydrogen (secondary N) is 2. The highest BCUT2D eigenvalue weighted by molar-refractivity contribution is 7.80. The molecule has 2 heterocycles. The van der Waals surface area contributed by atoms with Crippen molar-refractivity contribution in [3.05, 3.63) is 81.6 Å². The summed E-state index contributed by atoms with van der Waals surface area (Å²) in [7, 11) is 0. The Labute approximate surface area is 188 Å². The number of ether oxygens (including phenoxy) is 1. The number of rotatable bonds is 6. The summed E-state index contributed by atoms with van der Waals surface area (Å²) in [5, 5.41) is 5.10. The summed E-state index contributed by atoms with van der Waals surface area (Å²) < 4.78 is 5.86. The molecule has 2 atom stereocenters. The number of thiocarbonyl (C=S) groups is 1. The summed E-state index contributed by atoms with van der Waals surface area (Å²) in [5.41, 5.74) is 3.77. The molecule has 2 N–H and O–H groups in total. The second-order valence-corrected chi connectivity index (χ2v) is 8.70. The van der Waals surface area contributed by atoms with Gasteiger partial charge in [-0.1, -0.05) is 42.5 Å². The third-order valence-corrected chi connectivity index (χ3v) is 6.19. The minimum atomic E-state index is -0.0747. The standard InChI is InChI=1S/C25H29N3O2S/c1-17-10-11-20-14-21(24(29)27-23(20)13-17)15-28(16-22-9-6-12-30-22)25(31)26-18(2)19-7-4-3-5-8-19/h3-5,7-8,10-11,13-14,18,22H,6,9,12,15-16H2,1-2H3,(H,26,31)(H,27,29)/t18-,22-/m0/s1. The molecule has 3 aromatic rings. The Morgan fingerprint density at radius 2 is 2.06 bits per heavy atom. The van der Waals surface area contributed by atoms with Crippen LogP contribution in [0.3, 0.4) is 0 Å². The van der Waals surface area contributed by atoms with Crippen LogP contribution < -0.4 is 10.9 Å². The maximum Gasteiger partial charge on any atom is 0.253 e. The summed E-state index contributed by atoms with van der Waals surface area (Å²) in [4.78, 5) is 17.9. The van der Waals surface area contributed by atoms with Gasteiger partial charge in [0.2, 0.25) is 0 Å². The van der Waals surface area contributed by atoms with Gasteiger partial charge in [-0.25, -0.2) is 0 Å². The third-order valence-electron chi connectivity index (χ3n) is 5.81. The Morgan fingerprint density at radius 1 is 1.26 bits per heavy atom. The number of aromatic amines is 1.